The molecule has 6 nitrogen and oxygen atoms in total. The molecule has 2 atom stereocenters. The maximum absolute atomic E-state index is 13.8. The van der Waals surface area contributed by atoms with E-state index in [0.717, 1.165) is 22.7 Å². The van der Waals surface area contributed by atoms with Gasteiger partial charge in [0.05, 0.1) is 26.2 Å². The molecule has 4 rings (SSSR count). The van der Waals surface area contributed by atoms with Gasteiger partial charge in [-0.05, 0) is 65.6 Å². The highest BCUT2D eigenvalue weighted by atomic mass is 16.5. The minimum Gasteiger partial charge on any atom is -0.497 e. The Morgan fingerprint density at radius 1 is 0.886 bits per heavy atom. The first-order chi connectivity index (χ1) is 16.8. The quantitative estimate of drug-likeness (QED) is 0.450. The summed E-state index contributed by atoms with van der Waals surface area (Å²) < 4.78 is 10.6. The lowest BCUT2D eigenvalue weighted by Crippen LogP contribution is -2.37. The van der Waals surface area contributed by atoms with Crippen LogP contribution in [0.4, 0.5) is 11.4 Å². The number of methoxy groups -OCH3 is 2. The third-order valence-electron chi connectivity index (χ3n) is 6.73. The fraction of sp³-hybridized carbons (Fsp3) is 0.310. The van der Waals surface area contributed by atoms with E-state index in [0.29, 0.717) is 11.7 Å². The number of anilines is 2. The van der Waals surface area contributed by atoms with Crippen LogP contribution in [0.5, 0.6) is 11.5 Å². The van der Waals surface area contributed by atoms with Crippen LogP contribution in [-0.4, -0.2) is 33.1 Å². The number of benzene rings is 3. The van der Waals surface area contributed by atoms with Crippen LogP contribution in [0.15, 0.2) is 72.8 Å². The first kappa shape index (κ1) is 24.3. The van der Waals surface area contributed by atoms with Gasteiger partial charge in [-0.15, -0.1) is 0 Å². The van der Waals surface area contributed by atoms with Gasteiger partial charge in [-0.1, -0.05) is 38.1 Å². The number of rotatable bonds is 7. The van der Waals surface area contributed by atoms with Crippen molar-refractivity contribution >= 4 is 23.2 Å². The second-order valence-corrected chi connectivity index (χ2v) is 9.13. The minimum absolute atomic E-state index is 0.0853. The number of amides is 2. The topological polar surface area (TPSA) is 59.1 Å². The third kappa shape index (κ3) is 4.87. The van der Waals surface area contributed by atoms with Crippen molar-refractivity contribution in [3.05, 3.63) is 83.9 Å². The molecule has 0 saturated carbocycles. The van der Waals surface area contributed by atoms with E-state index in [1.165, 1.54) is 5.56 Å². The van der Waals surface area contributed by atoms with Crippen molar-refractivity contribution in [1.82, 2.24) is 0 Å². The van der Waals surface area contributed by atoms with Crippen LogP contribution >= 0.6 is 0 Å². The zero-order chi connectivity index (χ0) is 25.1. The summed E-state index contributed by atoms with van der Waals surface area (Å²) in [6, 6.07) is 22.5. The van der Waals surface area contributed by atoms with E-state index in [9.17, 15) is 9.59 Å². The number of carbonyl (C=O) groups excluding carboxylic acids is 2. The SMILES string of the molecule is COc1ccc([C@@H]2[C@H](C(=O)N(C)c3ccc(C(C)C)cc3)CC(=O)N2c2ccc(OC)cc2)cc1. The van der Waals surface area contributed by atoms with Gasteiger partial charge >= 0.3 is 0 Å². The molecule has 1 fully saturated rings. The summed E-state index contributed by atoms with van der Waals surface area (Å²) >= 11 is 0. The van der Waals surface area contributed by atoms with E-state index in [4.69, 9.17) is 9.47 Å². The van der Waals surface area contributed by atoms with Gasteiger partial charge in [-0.2, -0.15) is 0 Å². The Hall–Kier alpha value is -3.80. The summed E-state index contributed by atoms with van der Waals surface area (Å²) in [5, 5.41) is 0. The van der Waals surface area contributed by atoms with Crippen LogP contribution in [0, 0.1) is 5.92 Å². The highest BCUT2D eigenvalue weighted by Crippen LogP contribution is 2.43. The van der Waals surface area contributed by atoms with Gasteiger partial charge in [0.15, 0.2) is 0 Å². The Labute approximate surface area is 207 Å². The standard InChI is InChI=1S/C29H32N2O4/c1-19(2)20-6-10-22(11-7-20)30(3)29(33)26-18-27(32)31(23-12-16-25(35-5)17-13-23)28(26)21-8-14-24(34-4)15-9-21/h6-17,19,26,28H,18H2,1-5H3/t26-,28-/m1/s1. The van der Waals surface area contributed by atoms with Crippen LogP contribution in [0.3, 0.4) is 0 Å². The summed E-state index contributed by atoms with van der Waals surface area (Å²) in [5.74, 6) is 1.13. The van der Waals surface area contributed by atoms with E-state index in [1.54, 1.807) is 31.1 Å². The monoisotopic (exact) mass is 472 g/mol. The van der Waals surface area contributed by atoms with Crippen molar-refractivity contribution in [1.29, 1.82) is 0 Å². The zero-order valence-electron chi connectivity index (χ0n) is 20.9. The lowest BCUT2D eigenvalue weighted by Gasteiger charge is -2.30. The number of ether oxygens (including phenoxy) is 2. The van der Waals surface area contributed by atoms with Gasteiger partial charge in [-0.25, -0.2) is 0 Å². The lowest BCUT2D eigenvalue weighted by atomic mass is 9.91. The molecule has 2 amide bonds. The van der Waals surface area contributed by atoms with Gasteiger partial charge in [0.25, 0.3) is 0 Å². The normalized spacial score (nSPS) is 17.5. The fourth-order valence-electron chi connectivity index (χ4n) is 4.64. The van der Waals surface area contributed by atoms with Crippen LogP contribution in [0.1, 0.15) is 43.4 Å². The zero-order valence-corrected chi connectivity index (χ0v) is 20.9. The molecule has 1 aliphatic rings. The van der Waals surface area contributed by atoms with Crippen molar-refractivity contribution in [2.75, 3.05) is 31.1 Å². The average molecular weight is 473 g/mol. The van der Waals surface area contributed by atoms with Crippen molar-refractivity contribution in [3.8, 4) is 11.5 Å². The predicted octanol–water partition coefficient (Wildman–Crippen LogP) is 5.58. The highest BCUT2D eigenvalue weighted by molar-refractivity contribution is 6.05. The summed E-state index contributed by atoms with van der Waals surface area (Å²) in [4.78, 5) is 30.5. The molecule has 3 aromatic rings. The van der Waals surface area contributed by atoms with Gasteiger partial charge in [0, 0.05) is 24.8 Å². The number of hydrogen-bond acceptors (Lipinski definition) is 4. The van der Waals surface area contributed by atoms with Crippen LogP contribution in [0.25, 0.3) is 0 Å². The first-order valence-corrected chi connectivity index (χ1v) is 11.8. The molecule has 1 aliphatic heterocycles. The summed E-state index contributed by atoms with van der Waals surface area (Å²) in [6.07, 6.45) is 0.135. The predicted molar refractivity (Wildman–Crippen MR) is 138 cm³/mol. The van der Waals surface area contributed by atoms with Gasteiger partial charge in [-0.3, -0.25) is 9.59 Å². The Bertz CT molecular complexity index is 1170. The molecular weight excluding hydrogens is 440 g/mol. The minimum atomic E-state index is -0.534. The van der Waals surface area contributed by atoms with Crippen LogP contribution < -0.4 is 19.3 Å². The largest absolute Gasteiger partial charge is 0.497 e. The van der Waals surface area contributed by atoms with E-state index < -0.39 is 12.0 Å². The number of carbonyl (C=O) groups is 2. The average Bonchev–Trinajstić information content (AvgIpc) is 3.24. The molecule has 0 bridgehead atoms. The molecule has 0 aliphatic carbocycles. The Morgan fingerprint density at radius 3 is 1.94 bits per heavy atom. The van der Waals surface area contributed by atoms with Gasteiger partial charge < -0.3 is 19.3 Å². The first-order valence-electron chi connectivity index (χ1n) is 11.8. The molecule has 182 valence electrons. The number of hydrogen-bond donors (Lipinski definition) is 0. The molecule has 0 unspecified atom stereocenters. The van der Waals surface area contributed by atoms with E-state index >= 15 is 0 Å². The molecule has 1 heterocycles. The molecule has 6 heteroatoms. The summed E-state index contributed by atoms with van der Waals surface area (Å²) in [6.45, 7) is 4.28. The molecule has 0 aromatic heterocycles. The van der Waals surface area contributed by atoms with Gasteiger partial charge in [0.2, 0.25) is 11.8 Å². The fourth-order valence-corrected chi connectivity index (χ4v) is 4.64. The van der Waals surface area contributed by atoms with Crippen molar-refractivity contribution in [3.63, 3.8) is 0 Å². The van der Waals surface area contributed by atoms with Crippen LogP contribution in [0.2, 0.25) is 0 Å². The van der Waals surface area contributed by atoms with Crippen LogP contribution in [-0.2, 0) is 9.59 Å². The smallest absolute Gasteiger partial charge is 0.232 e. The Kier molecular flexibility index (Phi) is 7.10. The molecule has 35 heavy (non-hydrogen) atoms. The summed E-state index contributed by atoms with van der Waals surface area (Å²) in [5.41, 5.74) is 3.64. The second-order valence-electron chi connectivity index (χ2n) is 9.13. The van der Waals surface area contributed by atoms with Gasteiger partial charge in [0.1, 0.15) is 11.5 Å². The Morgan fingerprint density at radius 2 is 1.43 bits per heavy atom. The third-order valence-corrected chi connectivity index (χ3v) is 6.73. The molecule has 3 aromatic carbocycles. The highest BCUT2D eigenvalue weighted by Gasteiger charge is 2.46. The molecule has 1 saturated heterocycles. The molecule has 0 spiro atoms. The molecular formula is C29H32N2O4. The lowest BCUT2D eigenvalue weighted by molar-refractivity contribution is -0.124. The maximum Gasteiger partial charge on any atom is 0.232 e. The second kappa shape index (κ2) is 10.2. The molecule has 0 N–H and O–H groups in total. The van der Waals surface area contributed by atoms with Crippen molar-refractivity contribution in [2.24, 2.45) is 5.92 Å². The van der Waals surface area contributed by atoms with E-state index in [1.807, 2.05) is 72.8 Å². The number of nitrogens with zero attached hydrogens (tertiary/aromatic N) is 2. The molecule has 0 radical (unpaired) electrons. The van der Waals surface area contributed by atoms with Crippen molar-refractivity contribution < 1.29 is 19.1 Å². The maximum atomic E-state index is 13.8. The van der Waals surface area contributed by atoms with E-state index in [2.05, 4.69) is 13.8 Å². The summed E-state index contributed by atoms with van der Waals surface area (Å²) in [7, 11) is 5.00. The van der Waals surface area contributed by atoms with E-state index in [-0.39, 0.29) is 18.2 Å². The van der Waals surface area contributed by atoms with Crippen molar-refractivity contribution in [2.45, 2.75) is 32.2 Å². The Balaban J connectivity index is 1.70.